The first-order chi connectivity index (χ1) is 11.1. The van der Waals surface area contributed by atoms with E-state index in [1.165, 1.54) is 0 Å². The Morgan fingerprint density at radius 1 is 1.33 bits per heavy atom. The van der Waals surface area contributed by atoms with Crippen LogP contribution in [0.2, 0.25) is 0 Å². The van der Waals surface area contributed by atoms with Gasteiger partial charge in [0.2, 0.25) is 5.91 Å². The van der Waals surface area contributed by atoms with E-state index in [1.54, 1.807) is 0 Å². The van der Waals surface area contributed by atoms with Gasteiger partial charge in [0.1, 0.15) is 13.2 Å². The predicted octanol–water partition coefficient (Wildman–Crippen LogP) is 3.19. The van der Waals surface area contributed by atoms with Crippen molar-refractivity contribution >= 4 is 34.2 Å². The van der Waals surface area contributed by atoms with E-state index in [2.05, 4.69) is 21.2 Å². The number of carbonyl (C=O) groups excluding carboxylic acids is 1. The number of benzene rings is 1. The second-order valence-corrected chi connectivity index (χ2v) is 7.14. The quantitative estimate of drug-likeness (QED) is 0.786. The second-order valence-electron chi connectivity index (χ2n) is 6.28. The molecule has 0 bridgehead atoms. The molecule has 1 aromatic carbocycles. The molecule has 134 valence electrons. The maximum absolute atomic E-state index is 12.6. The van der Waals surface area contributed by atoms with E-state index < -0.39 is 0 Å². The summed E-state index contributed by atoms with van der Waals surface area (Å²) in [5.74, 6) is 1.93. The van der Waals surface area contributed by atoms with Crippen molar-refractivity contribution in [3.05, 3.63) is 22.2 Å². The lowest BCUT2D eigenvalue weighted by atomic mass is 9.94. The Kier molecular flexibility index (Phi) is 6.78. The standard InChI is InChI=1S/C17H23BrN2O3.ClH/c1-10(20-17(21)12-4-2-3-11(12)9-19)13-7-15-16(8-14(13)18)23-6-5-22-15;/h7-8,10-12H,2-6,9,19H2,1H3,(H,20,21);1H/t10?,11-,12-;/m1./s1. The van der Waals surface area contributed by atoms with Crippen LogP contribution in [-0.4, -0.2) is 25.7 Å². The summed E-state index contributed by atoms with van der Waals surface area (Å²) in [4.78, 5) is 12.6. The Morgan fingerprint density at radius 2 is 2.00 bits per heavy atom. The van der Waals surface area contributed by atoms with Gasteiger partial charge in [-0.3, -0.25) is 4.79 Å². The third-order valence-corrected chi connectivity index (χ3v) is 5.47. The first-order valence-electron chi connectivity index (χ1n) is 8.19. The Balaban J connectivity index is 0.00000208. The van der Waals surface area contributed by atoms with Crippen molar-refractivity contribution in [2.75, 3.05) is 19.8 Å². The van der Waals surface area contributed by atoms with Crippen LogP contribution in [0.25, 0.3) is 0 Å². The van der Waals surface area contributed by atoms with Gasteiger partial charge in [0.05, 0.1) is 6.04 Å². The van der Waals surface area contributed by atoms with Crippen LogP contribution in [0.3, 0.4) is 0 Å². The van der Waals surface area contributed by atoms with Gasteiger partial charge in [-0.25, -0.2) is 0 Å². The molecule has 1 aliphatic carbocycles. The SMILES string of the molecule is CC(NC(=O)[C@@H]1CCC[C@@H]1CN)c1cc2c(cc1Br)OCCO2.Cl. The van der Waals surface area contributed by atoms with Gasteiger partial charge in [-0.1, -0.05) is 22.4 Å². The van der Waals surface area contributed by atoms with Crippen LogP contribution in [0.1, 0.15) is 37.8 Å². The second kappa shape index (κ2) is 8.41. The van der Waals surface area contributed by atoms with Crippen LogP contribution in [0.5, 0.6) is 11.5 Å². The third-order valence-electron chi connectivity index (χ3n) is 4.79. The Morgan fingerprint density at radius 3 is 2.67 bits per heavy atom. The molecule has 1 heterocycles. The van der Waals surface area contributed by atoms with E-state index in [-0.39, 0.29) is 30.3 Å². The number of amides is 1. The largest absolute Gasteiger partial charge is 0.486 e. The fourth-order valence-electron chi connectivity index (χ4n) is 3.47. The van der Waals surface area contributed by atoms with E-state index in [4.69, 9.17) is 15.2 Å². The molecule has 0 saturated heterocycles. The van der Waals surface area contributed by atoms with E-state index >= 15 is 0 Å². The number of hydrogen-bond acceptors (Lipinski definition) is 4. The van der Waals surface area contributed by atoms with Crippen molar-refractivity contribution in [1.29, 1.82) is 0 Å². The van der Waals surface area contributed by atoms with E-state index in [0.717, 1.165) is 40.8 Å². The number of ether oxygens (including phenoxy) is 2. The molecule has 7 heteroatoms. The van der Waals surface area contributed by atoms with Crippen LogP contribution in [-0.2, 0) is 4.79 Å². The molecule has 1 fully saturated rings. The molecule has 1 unspecified atom stereocenters. The predicted molar refractivity (Wildman–Crippen MR) is 98.8 cm³/mol. The van der Waals surface area contributed by atoms with Gasteiger partial charge in [-0.05, 0) is 49.9 Å². The maximum atomic E-state index is 12.6. The van der Waals surface area contributed by atoms with Gasteiger partial charge in [-0.2, -0.15) is 0 Å². The van der Waals surface area contributed by atoms with Crippen molar-refractivity contribution in [3.63, 3.8) is 0 Å². The number of hydrogen-bond donors (Lipinski definition) is 2. The summed E-state index contributed by atoms with van der Waals surface area (Å²) in [6.07, 6.45) is 3.07. The highest BCUT2D eigenvalue weighted by Crippen LogP contribution is 2.38. The molecule has 5 nitrogen and oxygen atoms in total. The fraction of sp³-hybridized carbons (Fsp3) is 0.588. The molecule has 3 N–H and O–H groups in total. The number of rotatable bonds is 4. The smallest absolute Gasteiger partial charge is 0.223 e. The maximum Gasteiger partial charge on any atom is 0.223 e. The van der Waals surface area contributed by atoms with Gasteiger partial charge in [0.25, 0.3) is 0 Å². The van der Waals surface area contributed by atoms with Crippen LogP contribution in [0.4, 0.5) is 0 Å². The van der Waals surface area contributed by atoms with Crippen molar-refractivity contribution < 1.29 is 14.3 Å². The molecule has 3 atom stereocenters. The highest BCUT2D eigenvalue weighted by Gasteiger charge is 2.32. The van der Waals surface area contributed by atoms with E-state index in [1.807, 2.05) is 19.1 Å². The van der Waals surface area contributed by atoms with Gasteiger partial charge in [0.15, 0.2) is 11.5 Å². The first-order valence-corrected chi connectivity index (χ1v) is 8.99. The minimum atomic E-state index is -0.105. The summed E-state index contributed by atoms with van der Waals surface area (Å²) in [6.45, 7) is 3.68. The summed E-state index contributed by atoms with van der Waals surface area (Å²) in [6, 6.07) is 3.75. The van der Waals surface area contributed by atoms with Crippen LogP contribution < -0.4 is 20.5 Å². The average molecular weight is 420 g/mol. The normalized spacial score (nSPS) is 23.3. The molecule has 0 spiro atoms. The number of fused-ring (bicyclic) bond motifs is 1. The van der Waals surface area contributed by atoms with Crippen LogP contribution >= 0.6 is 28.3 Å². The van der Waals surface area contributed by atoms with E-state index in [9.17, 15) is 4.79 Å². The lowest BCUT2D eigenvalue weighted by Crippen LogP contribution is -2.36. The molecule has 0 radical (unpaired) electrons. The first kappa shape index (κ1) is 19.3. The Bertz CT molecular complexity index is 599. The molecule has 0 aromatic heterocycles. The number of carbonyl (C=O) groups is 1. The monoisotopic (exact) mass is 418 g/mol. The van der Waals surface area contributed by atoms with Crippen molar-refractivity contribution in [2.45, 2.75) is 32.2 Å². The minimum Gasteiger partial charge on any atom is -0.486 e. The summed E-state index contributed by atoms with van der Waals surface area (Å²) in [7, 11) is 0. The van der Waals surface area contributed by atoms with Gasteiger partial charge >= 0.3 is 0 Å². The summed E-state index contributed by atoms with van der Waals surface area (Å²) in [5.41, 5.74) is 6.78. The average Bonchev–Trinajstić information content (AvgIpc) is 3.02. The number of halogens is 2. The molecule has 1 aliphatic heterocycles. The third kappa shape index (κ3) is 3.98. The van der Waals surface area contributed by atoms with Crippen molar-refractivity contribution in [1.82, 2.24) is 5.32 Å². The topological polar surface area (TPSA) is 73.6 Å². The molecule has 1 amide bonds. The number of nitrogens with two attached hydrogens (primary N) is 1. The van der Waals surface area contributed by atoms with Gasteiger partial charge in [-0.15, -0.1) is 12.4 Å². The zero-order chi connectivity index (χ0) is 16.4. The molecular weight excluding hydrogens is 396 g/mol. The fourth-order valence-corrected chi connectivity index (χ4v) is 4.14. The molecule has 1 aromatic rings. The number of nitrogens with one attached hydrogen (secondary N) is 1. The minimum absolute atomic E-state index is 0. The summed E-state index contributed by atoms with van der Waals surface area (Å²) < 4.78 is 12.1. The molecule has 1 saturated carbocycles. The summed E-state index contributed by atoms with van der Waals surface area (Å²) >= 11 is 3.57. The van der Waals surface area contributed by atoms with Gasteiger partial charge in [0, 0.05) is 10.4 Å². The zero-order valence-electron chi connectivity index (χ0n) is 13.7. The van der Waals surface area contributed by atoms with Crippen molar-refractivity contribution in [3.8, 4) is 11.5 Å². The lowest BCUT2D eigenvalue weighted by molar-refractivity contribution is -0.126. The van der Waals surface area contributed by atoms with Gasteiger partial charge < -0.3 is 20.5 Å². The Hall–Kier alpha value is -0.980. The Labute approximate surface area is 157 Å². The summed E-state index contributed by atoms with van der Waals surface area (Å²) in [5, 5.41) is 3.13. The van der Waals surface area contributed by atoms with Crippen LogP contribution in [0, 0.1) is 11.8 Å². The van der Waals surface area contributed by atoms with E-state index in [0.29, 0.717) is 25.7 Å². The molecule has 24 heavy (non-hydrogen) atoms. The lowest BCUT2D eigenvalue weighted by Gasteiger charge is -2.24. The molecule has 2 aliphatic rings. The molecular formula is C17H24BrClN2O3. The van der Waals surface area contributed by atoms with Crippen molar-refractivity contribution in [2.24, 2.45) is 17.6 Å². The highest BCUT2D eigenvalue weighted by atomic mass is 79.9. The molecule has 3 rings (SSSR count). The van der Waals surface area contributed by atoms with Crippen LogP contribution in [0.15, 0.2) is 16.6 Å². The highest BCUT2D eigenvalue weighted by molar-refractivity contribution is 9.10. The zero-order valence-corrected chi connectivity index (χ0v) is 16.1.